The molecular formula is C32H41N5O8. The highest BCUT2D eigenvalue weighted by Crippen LogP contribution is 2.20. The van der Waals surface area contributed by atoms with Crippen LogP contribution in [0.1, 0.15) is 71.1 Å². The minimum absolute atomic E-state index is 0.0111. The van der Waals surface area contributed by atoms with Crippen molar-refractivity contribution in [3.63, 3.8) is 0 Å². The zero-order valence-electron chi connectivity index (χ0n) is 26.4. The summed E-state index contributed by atoms with van der Waals surface area (Å²) in [6.45, 7) is 10.1. The topological polar surface area (TPSA) is 180 Å². The summed E-state index contributed by atoms with van der Waals surface area (Å²) in [5.74, 6) is -1.12. The fraction of sp³-hybridized carbons (Fsp3) is 0.438. The number of hydrogen-bond acceptors (Lipinski definition) is 9. The number of amides is 3. The molecule has 0 radical (unpaired) electrons. The van der Waals surface area contributed by atoms with E-state index in [1.54, 1.807) is 77.9 Å². The first kappa shape index (κ1) is 34.5. The van der Waals surface area contributed by atoms with Gasteiger partial charge in [-0.15, -0.1) is 0 Å². The van der Waals surface area contributed by atoms with Gasteiger partial charge in [0.2, 0.25) is 5.91 Å². The van der Waals surface area contributed by atoms with Crippen molar-refractivity contribution >= 4 is 35.6 Å². The molecular weight excluding hydrogens is 582 g/mol. The lowest BCUT2D eigenvalue weighted by Gasteiger charge is -2.24. The lowest BCUT2D eigenvalue weighted by molar-refractivity contribution is -0.157. The van der Waals surface area contributed by atoms with E-state index in [0.29, 0.717) is 17.7 Å². The minimum atomic E-state index is -1.18. The standard InChI is InChI=1S/C32H41N5O8/c1-31(2,3)43-28(39)25(35-29(40)42-19-20-10-8-7-9-11-20)18-34-26(38)17-23-16-24(37-45-23)21-12-14-22(15-13-21)27(33)36-30(41)44-32(4,5)6/h7-15,23,25H,16-19H2,1-6H3,(H,34,38)(H,35,40)(H2,33,36,41)/t23?,25-/m0/s1. The number of carbonyl (C=O) groups excluding carboxylic acids is 4. The average molecular weight is 624 g/mol. The van der Waals surface area contributed by atoms with Crippen LogP contribution in [0.3, 0.4) is 0 Å². The third-order valence-corrected chi connectivity index (χ3v) is 5.96. The van der Waals surface area contributed by atoms with Crippen molar-refractivity contribution in [1.29, 1.82) is 0 Å². The highest BCUT2D eigenvalue weighted by Gasteiger charge is 2.29. The fourth-order valence-electron chi connectivity index (χ4n) is 3.96. The molecule has 0 saturated heterocycles. The van der Waals surface area contributed by atoms with E-state index in [2.05, 4.69) is 20.8 Å². The Bertz CT molecular complexity index is 1410. The van der Waals surface area contributed by atoms with E-state index < -0.39 is 47.4 Å². The number of oxime groups is 1. The van der Waals surface area contributed by atoms with Gasteiger partial charge in [-0.2, -0.15) is 4.99 Å². The molecule has 1 unspecified atom stereocenters. The Labute approximate surface area is 262 Å². The third-order valence-electron chi connectivity index (χ3n) is 5.96. The van der Waals surface area contributed by atoms with Crippen LogP contribution in [0.2, 0.25) is 0 Å². The van der Waals surface area contributed by atoms with Crippen molar-refractivity contribution in [3.05, 3.63) is 71.3 Å². The van der Waals surface area contributed by atoms with Crippen LogP contribution in [0.25, 0.3) is 0 Å². The quantitative estimate of drug-likeness (QED) is 0.153. The maximum absolute atomic E-state index is 12.8. The van der Waals surface area contributed by atoms with Crippen LogP contribution in [0.4, 0.5) is 9.59 Å². The van der Waals surface area contributed by atoms with E-state index in [1.807, 2.05) is 18.2 Å². The van der Waals surface area contributed by atoms with E-state index in [0.717, 1.165) is 11.1 Å². The number of esters is 1. The fourth-order valence-corrected chi connectivity index (χ4v) is 3.96. The second kappa shape index (κ2) is 15.2. The van der Waals surface area contributed by atoms with Gasteiger partial charge in [0.1, 0.15) is 35.8 Å². The first-order valence-electron chi connectivity index (χ1n) is 14.5. The predicted octanol–water partition coefficient (Wildman–Crippen LogP) is 3.96. The number of nitrogens with zero attached hydrogens (tertiary/aromatic N) is 2. The van der Waals surface area contributed by atoms with Crippen molar-refractivity contribution < 1.29 is 38.2 Å². The average Bonchev–Trinajstić information content (AvgIpc) is 3.41. The number of rotatable bonds is 10. The van der Waals surface area contributed by atoms with Crippen LogP contribution >= 0.6 is 0 Å². The van der Waals surface area contributed by atoms with Gasteiger partial charge >= 0.3 is 18.2 Å². The largest absolute Gasteiger partial charge is 0.458 e. The number of carbonyl (C=O) groups is 4. The lowest BCUT2D eigenvalue weighted by Crippen LogP contribution is -2.50. The highest BCUT2D eigenvalue weighted by molar-refractivity contribution is 6.05. The Kier molecular flexibility index (Phi) is 11.7. The molecule has 13 heteroatoms. The molecule has 0 spiro atoms. The van der Waals surface area contributed by atoms with Gasteiger partial charge in [0.05, 0.1) is 12.1 Å². The van der Waals surface area contributed by atoms with Gasteiger partial charge in [-0.1, -0.05) is 59.8 Å². The molecule has 4 N–H and O–H groups in total. The Morgan fingerprint density at radius 1 is 0.978 bits per heavy atom. The summed E-state index contributed by atoms with van der Waals surface area (Å²) in [5, 5.41) is 9.23. The van der Waals surface area contributed by atoms with E-state index >= 15 is 0 Å². The summed E-state index contributed by atoms with van der Waals surface area (Å²) in [7, 11) is 0. The molecule has 1 aliphatic heterocycles. The molecule has 0 aliphatic carbocycles. The van der Waals surface area contributed by atoms with Crippen LogP contribution in [0.5, 0.6) is 0 Å². The van der Waals surface area contributed by atoms with Gasteiger partial charge in [0.15, 0.2) is 0 Å². The molecule has 0 saturated carbocycles. The zero-order valence-corrected chi connectivity index (χ0v) is 26.4. The summed E-state index contributed by atoms with van der Waals surface area (Å²) < 4.78 is 15.8. The Hall–Kier alpha value is -4.94. The number of nitrogens with two attached hydrogens (primary N) is 1. The van der Waals surface area contributed by atoms with Gasteiger partial charge in [-0.3, -0.25) is 4.79 Å². The Morgan fingerprint density at radius 2 is 1.62 bits per heavy atom. The first-order valence-corrected chi connectivity index (χ1v) is 14.5. The first-order chi connectivity index (χ1) is 21.1. The van der Waals surface area contributed by atoms with E-state index in [9.17, 15) is 19.2 Å². The molecule has 3 rings (SSSR count). The van der Waals surface area contributed by atoms with Crippen molar-refractivity contribution in [3.8, 4) is 0 Å². The van der Waals surface area contributed by atoms with Gasteiger partial charge < -0.3 is 35.4 Å². The van der Waals surface area contributed by atoms with Crippen LogP contribution in [-0.2, 0) is 35.2 Å². The summed E-state index contributed by atoms with van der Waals surface area (Å²) in [5.41, 5.74) is 7.12. The van der Waals surface area contributed by atoms with E-state index in [1.165, 1.54) is 0 Å². The zero-order chi connectivity index (χ0) is 33.2. The van der Waals surface area contributed by atoms with Gasteiger partial charge in [-0.05, 0) is 52.7 Å². The summed E-state index contributed by atoms with van der Waals surface area (Å²) in [6.07, 6.45) is -1.84. The third kappa shape index (κ3) is 12.3. The van der Waals surface area contributed by atoms with Crippen molar-refractivity contribution in [2.75, 3.05) is 6.54 Å². The van der Waals surface area contributed by atoms with Crippen molar-refractivity contribution in [2.45, 2.75) is 84.3 Å². The van der Waals surface area contributed by atoms with Crippen LogP contribution in [0.15, 0.2) is 64.7 Å². The molecule has 0 bridgehead atoms. The molecule has 1 aliphatic rings. The number of aliphatic imine (C=N–C) groups is 1. The van der Waals surface area contributed by atoms with Crippen molar-refractivity contribution in [2.24, 2.45) is 15.9 Å². The molecule has 242 valence electrons. The summed E-state index contributed by atoms with van der Waals surface area (Å²) >= 11 is 0. The predicted molar refractivity (Wildman–Crippen MR) is 166 cm³/mol. The molecule has 0 aromatic heterocycles. The normalized spacial score (nSPS) is 15.6. The molecule has 2 aromatic carbocycles. The Balaban J connectivity index is 1.51. The number of nitrogens with one attached hydrogen (secondary N) is 2. The second-order valence-electron chi connectivity index (χ2n) is 12.3. The van der Waals surface area contributed by atoms with Crippen molar-refractivity contribution in [1.82, 2.24) is 10.6 Å². The van der Waals surface area contributed by atoms with Crippen LogP contribution in [0, 0.1) is 0 Å². The molecule has 45 heavy (non-hydrogen) atoms. The molecule has 0 fully saturated rings. The summed E-state index contributed by atoms with van der Waals surface area (Å²) in [4.78, 5) is 59.1. The second-order valence-corrected chi connectivity index (χ2v) is 12.3. The molecule has 2 atom stereocenters. The maximum atomic E-state index is 12.8. The lowest BCUT2D eigenvalue weighted by atomic mass is 10.0. The smallest absolute Gasteiger partial charge is 0.436 e. The SMILES string of the molecule is CC(C)(C)OC(=O)/N=C(/N)c1ccc(C2=NOC(CC(=O)NC[C@H](NC(=O)OCc3ccccc3)C(=O)OC(C)(C)C)C2)cc1. The molecule has 2 aromatic rings. The number of amidine groups is 1. The number of hydrogen-bond donors (Lipinski definition) is 3. The molecule has 1 heterocycles. The molecule has 13 nitrogen and oxygen atoms in total. The van der Waals surface area contributed by atoms with Gasteiger partial charge in [0, 0.05) is 18.5 Å². The maximum Gasteiger partial charge on any atom is 0.436 e. The van der Waals surface area contributed by atoms with E-state index in [4.69, 9.17) is 24.8 Å². The van der Waals surface area contributed by atoms with Crippen LogP contribution in [-0.4, -0.2) is 65.5 Å². The minimum Gasteiger partial charge on any atom is -0.458 e. The number of ether oxygens (including phenoxy) is 3. The van der Waals surface area contributed by atoms with Crippen LogP contribution < -0.4 is 16.4 Å². The van der Waals surface area contributed by atoms with Gasteiger partial charge in [-0.25, -0.2) is 14.4 Å². The number of alkyl carbamates (subject to hydrolysis) is 1. The molecule has 3 amide bonds. The summed E-state index contributed by atoms with van der Waals surface area (Å²) in [6, 6.07) is 14.8. The van der Waals surface area contributed by atoms with E-state index in [-0.39, 0.29) is 25.4 Å². The Morgan fingerprint density at radius 3 is 2.24 bits per heavy atom. The highest BCUT2D eigenvalue weighted by atomic mass is 16.6. The number of benzene rings is 2. The van der Waals surface area contributed by atoms with Gasteiger partial charge in [0.25, 0.3) is 0 Å². The monoisotopic (exact) mass is 623 g/mol.